The Bertz CT molecular complexity index is 648. The number of esters is 1. The van der Waals surface area contributed by atoms with E-state index < -0.39 is 5.97 Å². The molecule has 2 aromatic rings. The van der Waals surface area contributed by atoms with E-state index in [0.717, 1.165) is 0 Å². The second kappa shape index (κ2) is 6.56. The molecule has 0 unspecified atom stereocenters. The molecule has 0 N–H and O–H groups in total. The molecule has 0 aliphatic heterocycles. The molecule has 0 saturated carbocycles. The lowest BCUT2D eigenvalue weighted by atomic mass is 10.3. The SMILES string of the molecule is CCOC(=O)/C=C(\CBr)Oc1cccc2oc(C)nc12. The number of oxazole rings is 1. The monoisotopic (exact) mass is 339 g/mol. The molecule has 6 heteroatoms. The second-order valence-corrected chi connectivity index (χ2v) is 4.49. The summed E-state index contributed by atoms with van der Waals surface area (Å²) in [6.45, 7) is 3.84. The van der Waals surface area contributed by atoms with Gasteiger partial charge in [-0.15, -0.1) is 0 Å². The van der Waals surface area contributed by atoms with Crippen molar-refractivity contribution in [2.24, 2.45) is 0 Å². The van der Waals surface area contributed by atoms with E-state index in [4.69, 9.17) is 13.9 Å². The summed E-state index contributed by atoms with van der Waals surface area (Å²) in [5, 5.41) is 0.388. The third kappa shape index (κ3) is 3.39. The summed E-state index contributed by atoms with van der Waals surface area (Å²) < 4.78 is 16.0. The van der Waals surface area contributed by atoms with Crippen molar-refractivity contribution in [1.29, 1.82) is 0 Å². The summed E-state index contributed by atoms with van der Waals surface area (Å²) in [5.41, 5.74) is 1.27. The van der Waals surface area contributed by atoms with E-state index in [2.05, 4.69) is 20.9 Å². The van der Waals surface area contributed by atoms with Crippen molar-refractivity contribution in [2.75, 3.05) is 11.9 Å². The third-order valence-corrected chi connectivity index (χ3v) is 2.98. The van der Waals surface area contributed by atoms with Crippen molar-refractivity contribution in [3.8, 4) is 5.75 Å². The number of nitrogens with zero attached hydrogens (tertiary/aromatic N) is 1. The van der Waals surface area contributed by atoms with Crippen molar-refractivity contribution in [3.63, 3.8) is 0 Å². The molecule has 0 fully saturated rings. The van der Waals surface area contributed by atoms with E-state index in [-0.39, 0.29) is 0 Å². The number of aryl methyl sites for hydroxylation is 1. The Hall–Kier alpha value is -1.82. The van der Waals surface area contributed by atoms with Crippen LogP contribution in [0.1, 0.15) is 12.8 Å². The molecule has 0 bridgehead atoms. The van der Waals surface area contributed by atoms with Gasteiger partial charge in [-0.2, -0.15) is 0 Å². The Morgan fingerprint density at radius 1 is 1.50 bits per heavy atom. The van der Waals surface area contributed by atoms with E-state index in [9.17, 15) is 4.79 Å². The zero-order valence-electron chi connectivity index (χ0n) is 11.2. The lowest BCUT2D eigenvalue weighted by Crippen LogP contribution is -2.05. The Morgan fingerprint density at radius 3 is 3.00 bits per heavy atom. The zero-order chi connectivity index (χ0) is 14.5. The van der Waals surface area contributed by atoms with Crippen LogP contribution in [0.5, 0.6) is 5.75 Å². The molecule has 0 atom stereocenters. The van der Waals surface area contributed by atoms with Gasteiger partial charge in [0.15, 0.2) is 22.7 Å². The quantitative estimate of drug-likeness (QED) is 0.361. The number of hydrogen-bond acceptors (Lipinski definition) is 5. The molecule has 0 aliphatic rings. The Labute approximate surface area is 124 Å². The van der Waals surface area contributed by atoms with Crippen LogP contribution >= 0.6 is 15.9 Å². The normalized spacial score (nSPS) is 11.7. The Kier molecular flexibility index (Phi) is 4.79. The molecule has 1 aromatic carbocycles. The fraction of sp³-hybridized carbons (Fsp3) is 0.286. The number of halogens is 1. The Balaban J connectivity index is 2.27. The first-order valence-electron chi connectivity index (χ1n) is 6.11. The molecule has 5 nitrogen and oxygen atoms in total. The molecule has 1 aromatic heterocycles. The van der Waals surface area contributed by atoms with E-state index in [0.29, 0.717) is 40.4 Å². The van der Waals surface area contributed by atoms with Crippen LogP contribution in [0.15, 0.2) is 34.5 Å². The fourth-order valence-electron chi connectivity index (χ4n) is 1.67. The standard InChI is InChI=1S/C14H14BrNO4/c1-3-18-13(17)7-10(8-15)20-12-6-4-5-11-14(12)16-9(2)19-11/h4-7H,3,8H2,1-2H3/b10-7+. The molecule has 0 radical (unpaired) electrons. The Morgan fingerprint density at radius 2 is 2.30 bits per heavy atom. The number of rotatable bonds is 5. The van der Waals surface area contributed by atoms with Crippen LogP contribution in [0.4, 0.5) is 0 Å². The number of carbonyl (C=O) groups is 1. The highest BCUT2D eigenvalue weighted by molar-refractivity contribution is 9.09. The smallest absolute Gasteiger partial charge is 0.334 e. The summed E-state index contributed by atoms with van der Waals surface area (Å²) >= 11 is 3.28. The predicted molar refractivity (Wildman–Crippen MR) is 77.9 cm³/mol. The maximum atomic E-state index is 11.4. The molecular formula is C14H14BrNO4. The molecular weight excluding hydrogens is 326 g/mol. The van der Waals surface area contributed by atoms with E-state index in [1.165, 1.54) is 6.08 Å². The van der Waals surface area contributed by atoms with E-state index >= 15 is 0 Å². The van der Waals surface area contributed by atoms with Gasteiger partial charge in [-0.05, 0) is 19.1 Å². The zero-order valence-corrected chi connectivity index (χ0v) is 12.8. The number of alkyl halides is 1. The van der Waals surface area contributed by atoms with Crippen molar-refractivity contribution in [3.05, 3.63) is 35.9 Å². The van der Waals surface area contributed by atoms with E-state index in [1.54, 1.807) is 26.0 Å². The molecule has 20 heavy (non-hydrogen) atoms. The first-order valence-corrected chi connectivity index (χ1v) is 7.23. The van der Waals surface area contributed by atoms with Crippen LogP contribution in [0, 0.1) is 6.92 Å². The van der Waals surface area contributed by atoms with Gasteiger partial charge in [-0.3, -0.25) is 0 Å². The molecule has 106 valence electrons. The van der Waals surface area contributed by atoms with Crippen LogP contribution < -0.4 is 4.74 Å². The summed E-state index contributed by atoms with van der Waals surface area (Å²) in [5.74, 6) is 1.10. The first kappa shape index (κ1) is 14.6. The maximum absolute atomic E-state index is 11.4. The molecule has 0 saturated heterocycles. The van der Waals surface area contributed by atoms with Gasteiger partial charge in [-0.25, -0.2) is 9.78 Å². The van der Waals surface area contributed by atoms with Gasteiger partial charge in [-0.1, -0.05) is 22.0 Å². The molecule has 1 heterocycles. The van der Waals surface area contributed by atoms with Crippen LogP contribution in [0.25, 0.3) is 11.1 Å². The highest BCUT2D eigenvalue weighted by Gasteiger charge is 2.11. The van der Waals surface area contributed by atoms with Crippen LogP contribution in [-0.2, 0) is 9.53 Å². The van der Waals surface area contributed by atoms with Gasteiger partial charge in [0, 0.05) is 6.92 Å². The maximum Gasteiger partial charge on any atom is 0.334 e. The lowest BCUT2D eigenvalue weighted by molar-refractivity contribution is -0.137. The second-order valence-electron chi connectivity index (χ2n) is 3.93. The van der Waals surface area contributed by atoms with Gasteiger partial charge in [0.25, 0.3) is 0 Å². The van der Waals surface area contributed by atoms with Crippen LogP contribution in [0.3, 0.4) is 0 Å². The fourth-order valence-corrected chi connectivity index (χ4v) is 1.94. The van der Waals surface area contributed by atoms with Gasteiger partial charge >= 0.3 is 5.97 Å². The minimum atomic E-state index is -0.439. The highest BCUT2D eigenvalue weighted by Crippen LogP contribution is 2.27. The number of aromatic nitrogens is 1. The lowest BCUT2D eigenvalue weighted by Gasteiger charge is -2.07. The first-order chi connectivity index (χ1) is 9.63. The van der Waals surface area contributed by atoms with Gasteiger partial charge in [0.2, 0.25) is 0 Å². The number of fused-ring (bicyclic) bond motifs is 1. The largest absolute Gasteiger partial charge is 0.463 e. The van der Waals surface area contributed by atoms with Gasteiger partial charge < -0.3 is 13.9 Å². The third-order valence-electron chi connectivity index (χ3n) is 2.43. The van der Waals surface area contributed by atoms with Crippen LogP contribution in [0.2, 0.25) is 0 Å². The summed E-state index contributed by atoms with van der Waals surface area (Å²) in [4.78, 5) is 15.7. The molecule has 2 rings (SSSR count). The van der Waals surface area contributed by atoms with Crippen molar-refractivity contribution < 1.29 is 18.7 Å². The number of para-hydroxylation sites is 1. The predicted octanol–water partition coefficient (Wildman–Crippen LogP) is 3.36. The van der Waals surface area contributed by atoms with Crippen molar-refractivity contribution >= 4 is 33.0 Å². The number of allylic oxidation sites excluding steroid dienone is 1. The minimum absolute atomic E-state index is 0.322. The van der Waals surface area contributed by atoms with E-state index in [1.807, 2.05) is 6.07 Å². The number of ether oxygens (including phenoxy) is 2. The average Bonchev–Trinajstić information content (AvgIpc) is 2.79. The van der Waals surface area contributed by atoms with Crippen molar-refractivity contribution in [2.45, 2.75) is 13.8 Å². The van der Waals surface area contributed by atoms with Crippen LogP contribution in [-0.4, -0.2) is 22.9 Å². The number of carbonyl (C=O) groups excluding carboxylic acids is 1. The van der Waals surface area contributed by atoms with Gasteiger partial charge in [0.1, 0.15) is 5.76 Å². The summed E-state index contributed by atoms with van der Waals surface area (Å²) in [6.07, 6.45) is 1.31. The number of benzene rings is 1. The van der Waals surface area contributed by atoms with Crippen molar-refractivity contribution in [1.82, 2.24) is 4.98 Å². The molecule has 0 spiro atoms. The highest BCUT2D eigenvalue weighted by atomic mass is 79.9. The minimum Gasteiger partial charge on any atom is -0.463 e. The number of hydrogen-bond donors (Lipinski definition) is 0. The summed E-state index contributed by atoms with van der Waals surface area (Å²) in [7, 11) is 0. The average molecular weight is 340 g/mol. The molecule has 0 amide bonds. The molecule has 0 aliphatic carbocycles. The topological polar surface area (TPSA) is 61.6 Å². The van der Waals surface area contributed by atoms with Gasteiger partial charge in [0.05, 0.1) is 18.0 Å². The summed E-state index contributed by atoms with van der Waals surface area (Å²) in [6, 6.07) is 5.38.